The van der Waals surface area contributed by atoms with Gasteiger partial charge in [0.25, 0.3) is 0 Å². The van der Waals surface area contributed by atoms with Crippen molar-refractivity contribution in [3.8, 4) is 6.07 Å². The smallest absolute Gasteiger partial charge is 0.150 e. The van der Waals surface area contributed by atoms with Gasteiger partial charge in [0.1, 0.15) is 11.1 Å². The van der Waals surface area contributed by atoms with Gasteiger partial charge in [0.2, 0.25) is 0 Å². The third-order valence-electron chi connectivity index (χ3n) is 2.73. The first-order chi connectivity index (χ1) is 8.63. The Kier molecular flexibility index (Phi) is 3.50. The first kappa shape index (κ1) is 12.4. The van der Waals surface area contributed by atoms with Gasteiger partial charge in [0.05, 0.1) is 5.56 Å². The van der Waals surface area contributed by atoms with Crippen LogP contribution in [0.5, 0.6) is 0 Å². The van der Waals surface area contributed by atoms with E-state index in [1.165, 1.54) is 0 Å². The van der Waals surface area contributed by atoms with Crippen LogP contribution in [0.15, 0.2) is 30.5 Å². The van der Waals surface area contributed by atoms with Gasteiger partial charge in [-0.25, -0.2) is 4.98 Å². The summed E-state index contributed by atoms with van der Waals surface area (Å²) < 4.78 is 0. The first-order valence-electron chi connectivity index (χ1n) is 5.51. The number of pyridine rings is 1. The SMILES string of the molecule is Cc1cccc(C)c1Nc1nccc(C#N)c1Cl. The fourth-order valence-corrected chi connectivity index (χ4v) is 1.95. The summed E-state index contributed by atoms with van der Waals surface area (Å²) in [5.41, 5.74) is 3.60. The normalized spacial score (nSPS) is 9.89. The summed E-state index contributed by atoms with van der Waals surface area (Å²) in [6.07, 6.45) is 1.57. The molecule has 2 rings (SSSR count). The quantitative estimate of drug-likeness (QED) is 0.886. The molecule has 2 aromatic rings. The van der Waals surface area contributed by atoms with E-state index in [0.717, 1.165) is 16.8 Å². The van der Waals surface area contributed by atoms with Gasteiger partial charge >= 0.3 is 0 Å². The third-order valence-corrected chi connectivity index (χ3v) is 3.12. The molecule has 0 saturated carbocycles. The van der Waals surface area contributed by atoms with E-state index in [9.17, 15) is 0 Å². The van der Waals surface area contributed by atoms with E-state index in [1.54, 1.807) is 12.3 Å². The van der Waals surface area contributed by atoms with Crippen LogP contribution in [0.25, 0.3) is 0 Å². The lowest BCUT2D eigenvalue weighted by atomic mass is 10.1. The fourth-order valence-electron chi connectivity index (χ4n) is 1.75. The molecule has 0 radical (unpaired) electrons. The number of aryl methyl sites for hydroxylation is 2. The van der Waals surface area contributed by atoms with Crippen molar-refractivity contribution in [1.82, 2.24) is 4.98 Å². The minimum atomic E-state index is 0.350. The van der Waals surface area contributed by atoms with E-state index < -0.39 is 0 Å². The molecule has 90 valence electrons. The molecule has 0 unspecified atom stereocenters. The lowest BCUT2D eigenvalue weighted by molar-refractivity contribution is 1.27. The topological polar surface area (TPSA) is 48.7 Å². The minimum Gasteiger partial charge on any atom is -0.339 e. The van der Waals surface area contributed by atoms with Crippen molar-refractivity contribution in [3.05, 3.63) is 52.2 Å². The summed E-state index contributed by atoms with van der Waals surface area (Å²) in [6.45, 7) is 4.02. The largest absolute Gasteiger partial charge is 0.339 e. The van der Waals surface area contributed by atoms with Crippen molar-refractivity contribution in [2.75, 3.05) is 5.32 Å². The number of halogens is 1. The monoisotopic (exact) mass is 257 g/mol. The van der Waals surface area contributed by atoms with E-state index in [1.807, 2.05) is 38.1 Å². The van der Waals surface area contributed by atoms with Crippen LogP contribution in [-0.2, 0) is 0 Å². The average molecular weight is 258 g/mol. The first-order valence-corrected chi connectivity index (χ1v) is 5.89. The van der Waals surface area contributed by atoms with Crippen molar-refractivity contribution >= 4 is 23.1 Å². The van der Waals surface area contributed by atoms with Crippen LogP contribution in [0.2, 0.25) is 5.02 Å². The predicted molar refractivity (Wildman–Crippen MR) is 73.2 cm³/mol. The molecule has 1 aromatic carbocycles. The standard InChI is InChI=1S/C14H12ClN3/c1-9-4-3-5-10(2)13(9)18-14-12(15)11(8-16)6-7-17-14/h3-7H,1-2H3,(H,17,18). The number of nitriles is 1. The number of anilines is 2. The van der Waals surface area contributed by atoms with Gasteiger partial charge in [-0.15, -0.1) is 0 Å². The summed E-state index contributed by atoms with van der Waals surface area (Å²) in [5.74, 6) is 0.508. The van der Waals surface area contributed by atoms with Crippen molar-refractivity contribution < 1.29 is 0 Å². The second-order valence-electron chi connectivity index (χ2n) is 4.02. The second kappa shape index (κ2) is 5.07. The number of rotatable bonds is 2. The van der Waals surface area contributed by atoms with Gasteiger partial charge in [0, 0.05) is 11.9 Å². The summed E-state index contributed by atoms with van der Waals surface area (Å²) in [7, 11) is 0. The van der Waals surface area contributed by atoms with Crippen LogP contribution < -0.4 is 5.32 Å². The predicted octanol–water partition coefficient (Wildman–Crippen LogP) is 3.97. The average Bonchev–Trinajstić information content (AvgIpc) is 2.36. The molecule has 0 bridgehead atoms. The number of hydrogen-bond acceptors (Lipinski definition) is 3. The summed E-state index contributed by atoms with van der Waals surface area (Å²) in [6, 6.07) is 9.65. The molecule has 3 nitrogen and oxygen atoms in total. The Balaban J connectivity index is 2.44. The Morgan fingerprint density at radius 2 is 1.89 bits per heavy atom. The highest BCUT2D eigenvalue weighted by molar-refractivity contribution is 6.34. The Hall–Kier alpha value is -2.05. The number of benzene rings is 1. The van der Waals surface area contributed by atoms with E-state index in [2.05, 4.69) is 10.3 Å². The minimum absolute atomic E-state index is 0.350. The Morgan fingerprint density at radius 3 is 2.50 bits per heavy atom. The third kappa shape index (κ3) is 2.29. The molecular weight excluding hydrogens is 246 g/mol. The van der Waals surface area contributed by atoms with E-state index in [4.69, 9.17) is 16.9 Å². The number of para-hydroxylation sites is 1. The highest BCUT2D eigenvalue weighted by Gasteiger charge is 2.09. The maximum absolute atomic E-state index is 8.93. The van der Waals surface area contributed by atoms with Crippen LogP contribution in [0.1, 0.15) is 16.7 Å². The number of hydrogen-bond donors (Lipinski definition) is 1. The van der Waals surface area contributed by atoms with E-state index in [0.29, 0.717) is 16.4 Å². The molecule has 0 fully saturated rings. The molecule has 0 spiro atoms. The van der Waals surface area contributed by atoms with Gasteiger partial charge in [-0.1, -0.05) is 29.8 Å². The lowest BCUT2D eigenvalue weighted by Crippen LogP contribution is -1.99. The van der Waals surface area contributed by atoms with Crippen molar-refractivity contribution in [3.63, 3.8) is 0 Å². The molecule has 4 heteroatoms. The van der Waals surface area contributed by atoms with Crippen LogP contribution in [0.4, 0.5) is 11.5 Å². The van der Waals surface area contributed by atoms with Gasteiger partial charge < -0.3 is 5.32 Å². The number of aromatic nitrogens is 1. The molecule has 1 heterocycles. The summed E-state index contributed by atoms with van der Waals surface area (Å²) >= 11 is 6.12. The number of nitrogens with zero attached hydrogens (tertiary/aromatic N) is 2. The van der Waals surface area contributed by atoms with Gasteiger partial charge in [-0.3, -0.25) is 0 Å². The molecule has 0 amide bonds. The molecule has 0 atom stereocenters. The maximum Gasteiger partial charge on any atom is 0.150 e. The molecule has 0 aliphatic heterocycles. The lowest BCUT2D eigenvalue weighted by Gasteiger charge is -2.13. The molecule has 1 N–H and O–H groups in total. The van der Waals surface area contributed by atoms with Crippen LogP contribution >= 0.6 is 11.6 Å². The molecule has 0 saturated heterocycles. The van der Waals surface area contributed by atoms with Gasteiger partial charge in [-0.05, 0) is 31.0 Å². The zero-order chi connectivity index (χ0) is 13.1. The van der Waals surface area contributed by atoms with Crippen molar-refractivity contribution in [2.45, 2.75) is 13.8 Å². The van der Waals surface area contributed by atoms with Gasteiger partial charge in [-0.2, -0.15) is 5.26 Å². The maximum atomic E-state index is 8.93. The zero-order valence-corrected chi connectivity index (χ0v) is 10.9. The zero-order valence-electron chi connectivity index (χ0n) is 10.2. The van der Waals surface area contributed by atoms with Crippen molar-refractivity contribution in [2.24, 2.45) is 0 Å². The van der Waals surface area contributed by atoms with Crippen LogP contribution in [0.3, 0.4) is 0 Å². The number of nitrogens with one attached hydrogen (secondary N) is 1. The highest BCUT2D eigenvalue weighted by Crippen LogP contribution is 2.29. The Morgan fingerprint density at radius 1 is 1.22 bits per heavy atom. The summed E-state index contributed by atoms with van der Waals surface area (Å²) in [4.78, 5) is 4.17. The molecule has 1 aromatic heterocycles. The van der Waals surface area contributed by atoms with E-state index >= 15 is 0 Å². The second-order valence-corrected chi connectivity index (χ2v) is 4.40. The van der Waals surface area contributed by atoms with E-state index in [-0.39, 0.29) is 0 Å². The van der Waals surface area contributed by atoms with Crippen LogP contribution in [-0.4, -0.2) is 4.98 Å². The van der Waals surface area contributed by atoms with Crippen molar-refractivity contribution in [1.29, 1.82) is 5.26 Å². The molecule has 18 heavy (non-hydrogen) atoms. The molecular formula is C14H12ClN3. The highest BCUT2D eigenvalue weighted by atomic mass is 35.5. The van der Waals surface area contributed by atoms with Crippen LogP contribution in [0, 0.1) is 25.2 Å². The Bertz CT molecular complexity index is 609. The van der Waals surface area contributed by atoms with Gasteiger partial charge in [0.15, 0.2) is 5.82 Å². The summed E-state index contributed by atoms with van der Waals surface area (Å²) in [5, 5.41) is 12.5. The fraction of sp³-hybridized carbons (Fsp3) is 0.143. The Labute approximate surface area is 111 Å². The molecule has 0 aliphatic carbocycles. The molecule has 0 aliphatic rings.